The number of pyridine rings is 1. The first-order chi connectivity index (χ1) is 26.6. The van der Waals surface area contributed by atoms with Crippen LogP contribution in [-0.2, 0) is 29.6 Å². The van der Waals surface area contributed by atoms with E-state index in [1.54, 1.807) is 12.5 Å². The van der Waals surface area contributed by atoms with E-state index >= 15 is 0 Å². The third-order valence-corrected chi connectivity index (χ3v) is 13.1. The number of aliphatic carboxylic acids is 1. The lowest BCUT2D eigenvalue weighted by molar-refractivity contribution is -0.144. The molecule has 9 nitrogen and oxygen atoms in total. The molecule has 4 aliphatic rings. The quantitative estimate of drug-likeness (QED) is 0.146. The van der Waals surface area contributed by atoms with Crippen molar-refractivity contribution in [3.8, 4) is 17.2 Å². The van der Waals surface area contributed by atoms with Gasteiger partial charge in [0.1, 0.15) is 17.4 Å². The van der Waals surface area contributed by atoms with Crippen LogP contribution in [0.3, 0.4) is 0 Å². The highest BCUT2D eigenvalue weighted by Crippen LogP contribution is 2.58. The van der Waals surface area contributed by atoms with E-state index in [-0.39, 0.29) is 17.4 Å². The van der Waals surface area contributed by atoms with Crippen LogP contribution in [0.25, 0.3) is 0 Å². The third kappa shape index (κ3) is 7.79. The second-order valence-electron chi connectivity index (χ2n) is 16.9. The highest BCUT2D eigenvalue weighted by molar-refractivity contribution is 6.30. The second-order valence-corrected chi connectivity index (χ2v) is 17.3. The monoisotopic (exact) mass is 767 g/mol. The van der Waals surface area contributed by atoms with Gasteiger partial charge >= 0.3 is 5.97 Å². The largest absolute Gasteiger partial charge is 0.493 e. The van der Waals surface area contributed by atoms with E-state index in [1.165, 1.54) is 28.8 Å². The Labute approximate surface area is 329 Å². The van der Waals surface area contributed by atoms with Crippen molar-refractivity contribution < 1.29 is 28.5 Å². The number of halogens is 1. The van der Waals surface area contributed by atoms with Crippen LogP contribution in [-0.4, -0.2) is 59.4 Å². The summed E-state index contributed by atoms with van der Waals surface area (Å²) in [7, 11) is 2.11. The van der Waals surface area contributed by atoms with Gasteiger partial charge in [-0.3, -0.25) is 9.88 Å². The van der Waals surface area contributed by atoms with E-state index in [0.29, 0.717) is 42.9 Å². The van der Waals surface area contributed by atoms with Gasteiger partial charge in [-0.2, -0.15) is 0 Å². The van der Waals surface area contributed by atoms with Crippen molar-refractivity contribution in [3.05, 3.63) is 100 Å². The van der Waals surface area contributed by atoms with Crippen LogP contribution in [0.1, 0.15) is 99.1 Å². The van der Waals surface area contributed by atoms with Crippen LogP contribution in [0.4, 0.5) is 5.69 Å². The average molecular weight is 768 g/mol. The van der Waals surface area contributed by atoms with Gasteiger partial charge in [0.05, 0.1) is 25.7 Å². The number of ether oxygens (including phenoxy) is 3. The Morgan fingerprint density at radius 2 is 1.98 bits per heavy atom. The molecule has 0 amide bonds. The van der Waals surface area contributed by atoms with Crippen LogP contribution in [0.5, 0.6) is 17.2 Å². The number of carbonyl (C=O) groups is 1. The minimum atomic E-state index is -1.09. The Bertz CT molecular complexity index is 1970. The summed E-state index contributed by atoms with van der Waals surface area (Å²) in [6, 6.07) is 15.9. The molecule has 1 aliphatic heterocycles. The van der Waals surface area contributed by atoms with Crippen molar-refractivity contribution in [2.45, 2.75) is 108 Å². The first-order valence-electron chi connectivity index (χ1n) is 20.1. The number of anilines is 1. The van der Waals surface area contributed by atoms with Crippen molar-refractivity contribution >= 4 is 23.3 Å². The first kappa shape index (κ1) is 37.7. The molecular weight excluding hydrogens is 714 g/mol. The molecule has 1 saturated carbocycles. The number of carboxylic acid groups (broad SMARTS) is 1. The zero-order valence-corrected chi connectivity index (χ0v) is 33.1. The van der Waals surface area contributed by atoms with Gasteiger partial charge in [0.15, 0.2) is 11.5 Å². The summed E-state index contributed by atoms with van der Waals surface area (Å²) < 4.78 is 25.1. The summed E-state index contributed by atoms with van der Waals surface area (Å²) in [4.78, 5) is 20.1. The van der Waals surface area contributed by atoms with Crippen LogP contribution < -0.4 is 19.5 Å². The minimum Gasteiger partial charge on any atom is -0.493 e. The molecule has 2 N–H and O–H groups in total. The van der Waals surface area contributed by atoms with Crippen LogP contribution >= 0.6 is 11.6 Å². The number of furan rings is 1. The van der Waals surface area contributed by atoms with Crippen LogP contribution in [0, 0.1) is 11.8 Å². The maximum atomic E-state index is 13.1. The summed E-state index contributed by atoms with van der Waals surface area (Å²) in [5.41, 5.74) is 5.60. The fourth-order valence-corrected chi connectivity index (χ4v) is 10.3. The standard InChI is InChI=1S/C45H54ClN3O6/c1-29(27-54-39-10-17-47-38-9-4-6-30(2)42(38)39)20-33-21-32-22-40-41(55-36(12-19-53-40)26-49(3)25-31-11-18-52-28-31)24-37(32)44(33)13-15-45(16-14-44,43(50)51)48-35-8-5-7-34(46)23-35/h5,7-8,10-11,17-18,22-24,28-30,33,36,48H,4,6,9,12-16,19-21,25-27H2,1-3H3,(H,50,51)/t29-,30-,33+,36+,44?,45?/m1/s1. The summed E-state index contributed by atoms with van der Waals surface area (Å²) in [5.74, 6) is 2.80. The number of hydrogen-bond donors (Lipinski definition) is 2. The molecule has 0 saturated heterocycles. The number of likely N-dealkylation sites (N-methyl/N-ethyl adjacent to an activating group) is 1. The molecule has 0 radical (unpaired) electrons. The number of fused-ring (bicyclic) bond motifs is 4. The van der Waals surface area contributed by atoms with Crippen molar-refractivity contribution in [3.63, 3.8) is 0 Å². The van der Waals surface area contributed by atoms with Crippen molar-refractivity contribution in [1.29, 1.82) is 0 Å². The molecule has 3 aliphatic carbocycles. The average Bonchev–Trinajstić information content (AvgIpc) is 3.71. The molecule has 2 aromatic heterocycles. The SMILES string of the molecule is C[C@@H](COc1ccnc2c1[C@H](C)CCC2)C[C@H]1Cc2cc3c(cc2C12CCC(Nc1cccc(Cl)c1)(C(=O)O)CC2)O[C@H](CN(C)Cc1ccoc1)CCO3. The fourth-order valence-electron chi connectivity index (χ4n) is 10.1. The molecule has 2 aromatic carbocycles. The number of nitrogens with one attached hydrogen (secondary N) is 1. The smallest absolute Gasteiger partial charge is 0.329 e. The van der Waals surface area contributed by atoms with Crippen molar-refractivity contribution in [1.82, 2.24) is 9.88 Å². The Balaban J connectivity index is 1.05. The number of hydrogen-bond acceptors (Lipinski definition) is 8. The Morgan fingerprint density at radius 1 is 1.13 bits per heavy atom. The zero-order chi connectivity index (χ0) is 38.2. The number of carboxylic acids is 1. The van der Waals surface area contributed by atoms with E-state index in [0.717, 1.165) is 86.5 Å². The summed E-state index contributed by atoms with van der Waals surface area (Å²) in [5, 5.41) is 14.7. The predicted octanol–water partition coefficient (Wildman–Crippen LogP) is 9.45. The fraction of sp³-hybridized carbons (Fsp3) is 0.511. The summed E-state index contributed by atoms with van der Waals surface area (Å²) in [6.07, 6.45) is 13.8. The number of aromatic nitrogens is 1. The zero-order valence-electron chi connectivity index (χ0n) is 32.3. The van der Waals surface area contributed by atoms with Crippen LogP contribution in [0.15, 0.2) is 71.7 Å². The van der Waals surface area contributed by atoms with Crippen molar-refractivity contribution in [2.75, 3.05) is 32.1 Å². The molecule has 8 rings (SSSR count). The lowest BCUT2D eigenvalue weighted by atomic mass is 9.59. The van der Waals surface area contributed by atoms with E-state index in [1.807, 2.05) is 42.6 Å². The second kappa shape index (κ2) is 15.7. The highest BCUT2D eigenvalue weighted by Gasteiger charge is 2.54. The molecule has 55 heavy (non-hydrogen) atoms. The molecule has 4 atom stereocenters. The molecule has 10 heteroatoms. The van der Waals surface area contributed by atoms with E-state index < -0.39 is 11.5 Å². The lowest BCUT2D eigenvalue weighted by Crippen LogP contribution is -2.53. The topological polar surface area (TPSA) is 106 Å². The Kier molecular flexibility index (Phi) is 10.8. The Hall–Kier alpha value is -4.21. The number of aryl methyl sites for hydroxylation is 1. The van der Waals surface area contributed by atoms with Gasteiger partial charge in [-0.05, 0) is 142 Å². The maximum absolute atomic E-state index is 13.1. The molecule has 0 bridgehead atoms. The normalized spacial score (nSPS) is 26.2. The predicted molar refractivity (Wildman–Crippen MR) is 214 cm³/mol. The van der Waals surface area contributed by atoms with E-state index in [2.05, 4.69) is 48.2 Å². The number of benzene rings is 2. The molecule has 0 unspecified atom stereocenters. The third-order valence-electron chi connectivity index (χ3n) is 12.9. The molecular formula is C45H54ClN3O6. The maximum Gasteiger partial charge on any atom is 0.329 e. The number of nitrogens with zero attached hydrogens (tertiary/aromatic N) is 2. The molecule has 1 spiro atoms. The molecule has 3 heterocycles. The first-order valence-corrected chi connectivity index (χ1v) is 20.5. The summed E-state index contributed by atoms with van der Waals surface area (Å²) >= 11 is 6.33. The van der Waals surface area contributed by atoms with Crippen LogP contribution in [0.2, 0.25) is 5.02 Å². The minimum absolute atomic E-state index is 0.0314. The molecule has 4 aromatic rings. The van der Waals surface area contributed by atoms with Gasteiger partial charge in [-0.15, -0.1) is 0 Å². The molecule has 292 valence electrons. The van der Waals surface area contributed by atoms with Gasteiger partial charge in [-0.25, -0.2) is 4.79 Å². The summed E-state index contributed by atoms with van der Waals surface area (Å²) in [6.45, 7) is 7.33. The van der Waals surface area contributed by atoms with Gasteiger partial charge < -0.3 is 29.1 Å². The number of rotatable bonds is 12. The lowest BCUT2D eigenvalue weighted by Gasteiger charge is -2.47. The van der Waals surface area contributed by atoms with Gasteiger partial charge in [-0.1, -0.05) is 31.5 Å². The highest BCUT2D eigenvalue weighted by atomic mass is 35.5. The van der Waals surface area contributed by atoms with Gasteiger partial charge in [0.25, 0.3) is 0 Å². The molecule has 1 fully saturated rings. The van der Waals surface area contributed by atoms with Crippen molar-refractivity contribution in [2.24, 2.45) is 11.8 Å². The Morgan fingerprint density at radius 3 is 2.76 bits per heavy atom. The van der Waals surface area contributed by atoms with E-state index in [9.17, 15) is 9.90 Å². The van der Waals surface area contributed by atoms with Gasteiger partial charge in [0, 0.05) is 53.2 Å². The van der Waals surface area contributed by atoms with E-state index in [4.69, 9.17) is 30.2 Å². The van der Waals surface area contributed by atoms with Gasteiger partial charge in [0.2, 0.25) is 0 Å².